The summed E-state index contributed by atoms with van der Waals surface area (Å²) in [7, 11) is 0. The number of hydrogen-bond donors (Lipinski definition) is 4. The van der Waals surface area contributed by atoms with Crippen molar-refractivity contribution in [3.63, 3.8) is 0 Å². The highest BCUT2D eigenvalue weighted by molar-refractivity contribution is 6.23. The fourth-order valence-corrected chi connectivity index (χ4v) is 8.93. The molecule has 4 aromatic carbocycles. The van der Waals surface area contributed by atoms with Gasteiger partial charge in [0.15, 0.2) is 0 Å². The quantitative estimate of drug-likeness (QED) is 0.107. The highest BCUT2D eigenvalue weighted by Crippen LogP contribution is 2.37. The van der Waals surface area contributed by atoms with Gasteiger partial charge < -0.3 is 25.3 Å². The molecule has 0 spiro atoms. The molecule has 57 heavy (non-hydrogen) atoms. The molecule has 4 aliphatic heterocycles. The van der Waals surface area contributed by atoms with Crippen molar-refractivity contribution in [2.24, 2.45) is 5.92 Å². The van der Waals surface area contributed by atoms with Crippen LogP contribution in [-0.4, -0.2) is 83.5 Å². The zero-order valence-electron chi connectivity index (χ0n) is 32.2. The minimum atomic E-state index is -0.972. The molecule has 0 aliphatic carbocycles. The minimum Gasteiger partial charge on any atom is -0.508 e. The third kappa shape index (κ3) is 7.89. The molecule has 1 unspecified atom stereocenters. The fraction of sp³-hybridized carbons (Fsp3) is 0.348. The van der Waals surface area contributed by atoms with Crippen LogP contribution in [0.1, 0.15) is 89.3 Å². The van der Waals surface area contributed by atoms with E-state index in [1.807, 2.05) is 30.3 Å². The van der Waals surface area contributed by atoms with Crippen molar-refractivity contribution >= 4 is 46.1 Å². The van der Waals surface area contributed by atoms with E-state index < -0.39 is 23.8 Å². The normalized spacial score (nSPS) is 20.8. The van der Waals surface area contributed by atoms with E-state index in [1.54, 1.807) is 36.4 Å². The third-order valence-corrected chi connectivity index (χ3v) is 12.1. The predicted molar refractivity (Wildman–Crippen MR) is 220 cm³/mol. The fourth-order valence-electron chi connectivity index (χ4n) is 8.93. The molecule has 0 saturated carbocycles. The number of anilines is 2. The number of benzene rings is 4. The zero-order chi connectivity index (χ0) is 39.6. The number of amides is 4. The van der Waals surface area contributed by atoms with Gasteiger partial charge in [0, 0.05) is 50.0 Å². The molecule has 4 amide bonds. The van der Waals surface area contributed by atoms with Crippen LogP contribution in [0.2, 0.25) is 0 Å². The Morgan fingerprint density at radius 1 is 0.702 bits per heavy atom. The molecular formula is C46H49N5O6. The molecule has 0 bridgehead atoms. The van der Waals surface area contributed by atoms with E-state index in [0.29, 0.717) is 23.1 Å². The summed E-state index contributed by atoms with van der Waals surface area (Å²) in [5.74, 6) is -0.922. The van der Waals surface area contributed by atoms with Crippen molar-refractivity contribution in [3.8, 4) is 11.5 Å². The number of phenols is 2. The molecule has 0 radical (unpaired) electrons. The maximum atomic E-state index is 13.4. The van der Waals surface area contributed by atoms with E-state index >= 15 is 0 Å². The summed E-state index contributed by atoms with van der Waals surface area (Å²) in [6, 6.07) is 28.2. The first-order valence-electron chi connectivity index (χ1n) is 20.2. The van der Waals surface area contributed by atoms with Crippen molar-refractivity contribution in [3.05, 3.63) is 119 Å². The predicted octanol–water partition coefficient (Wildman–Crippen LogP) is 6.34. The molecular weight excluding hydrogens is 719 g/mol. The molecule has 4 heterocycles. The second kappa shape index (κ2) is 16.3. The molecule has 3 saturated heterocycles. The minimum absolute atomic E-state index is 0.0943. The van der Waals surface area contributed by atoms with Gasteiger partial charge in [-0.05, 0) is 133 Å². The van der Waals surface area contributed by atoms with Crippen molar-refractivity contribution in [1.29, 1.82) is 0 Å². The number of hydrogen-bond acceptors (Lipinski definition) is 9. The Kier molecular flexibility index (Phi) is 10.8. The van der Waals surface area contributed by atoms with E-state index in [0.717, 1.165) is 97.7 Å². The van der Waals surface area contributed by atoms with Crippen LogP contribution in [0.3, 0.4) is 0 Å². The summed E-state index contributed by atoms with van der Waals surface area (Å²) in [4.78, 5) is 56.5. The number of piperidine rings is 3. The van der Waals surface area contributed by atoms with Crippen LogP contribution in [0.15, 0.2) is 91.0 Å². The summed E-state index contributed by atoms with van der Waals surface area (Å²) in [6.07, 6.45) is 5.30. The van der Waals surface area contributed by atoms with Crippen molar-refractivity contribution in [2.45, 2.75) is 64.0 Å². The standard InChI is InChI=1S/C46H49N5O6/c1-2-38(30-7-14-36(52)15-8-30)43(32-9-16-37(53)17-10-32)31-5-11-34(12-6-31)49-24-21-29(22-25-49)27-47-33-4-3-23-50(28-33)35-13-18-39-40(26-35)46(57)51(45(39)56)41-19-20-42(54)48-44(41)55/h5-18,26,29,33,41,47,52-53H,2-4,19-25,27-28H2,1H3,(H,48,54,55)/t33-,41?/m1/s1. The molecule has 2 atom stereocenters. The number of nitrogens with one attached hydrogen (secondary N) is 2. The van der Waals surface area contributed by atoms with Gasteiger partial charge in [-0.3, -0.25) is 29.4 Å². The molecule has 4 aliphatic rings. The van der Waals surface area contributed by atoms with E-state index in [1.165, 1.54) is 11.3 Å². The first-order valence-corrected chi connectivity index (χ1v) is 20.2. The number of rotatable bonds is 10. The van der Waals surface area contributed by atoms with Crippen molar-refractivity contribution in [2.75, 3.05) is 42.5 Å². The lowest BCUT2D eigenvalue weighted by molar-refractivity contribution is -0.136. The first kappa shape index (κ1) is 38.0. The van der Waals surface area contributed by atoms with Crippen LogP contribution in [0.4, 0.5) is 11.4 Å². The summed E-state index contributed by atoms with van der Waals surface area (Å²) in [5, 5.41) is 26.0. The van der Waals surface area contributed by atoms with Gasteiger partial charge in [-0.25, -0.2) is 0 Å². The second-order valence-electron chi connectivity index (χ2n) is 15.6. The number of imide groups is 2. The molecule has 4 N–H and O–H groups in total. The topological polar surface area (TPSA) is 143 Å². The van der Waals surface area contributed by atoms with Crippen LogP contribution in [0.5, 0.6) is 11.5 Å². The maximum absolute atomic E-state index is 13.4. The van der Waals surface area contributed by atoms with Gasteiger partial charge >= 0.3 is 0 Å². The third-order valence-electron chi connectivity index (χ3n) is 12.1. The number of phenolic OH excluding ortho intramolecular Hbond substituents is 2. The monoisotopic (exact) mass is 767 g/mol. The molecule has 294 valence electrons. The van der Waals surface area contributed by atoms with E-state index in [2.05, 4.69) is 51.6 Å². The number of fused-ring (bicyclic) bond motifs is 1. The number of allylic oxidation sites excluding steroid dienone is 1. The van der Waals surface area contributed by atoms with Crippen LogP contribution in [0, 0.1) is 5.92 Å². The van der Waals surface area contributed by atoms with Crippen molar-refractivity contribution in [1.82, 2.24) is 15.5 Å². The first-order chi connectivity index (χ1) is 27.7. The Hall–Kier alpha value is -5.94. The maximum Gasteiger partial charge on any atom is 0.262 e. The van der Waals surface area contributed by atoms with E-state index in [-0.39, 0.29) is 30.2 Å². The van der Waals surface area contributed by atoms with Gasteiger partial charge in [-0.2, -0.15) is 0 Å². The van der Waals surface area contributed by atoms with Crippen LogP contribution >= 0.6 is 0 Å². The Balaban J connectivity index is 0.870. The van der Waals surface area contributed by atoms with E-state index in [4.69, 9.17) is 0 Å². The van der Waals surface area contributed by atoms with Crippen LogP contribution in [0.25, 0.3) is 11.1 Å². The lowest BCUT2D eigenvalue weighted by atomic mass is 9.88. The highest BCUT2D eigenvalue weighted by Gasteiger charge is 2.45. The number of aromatic hydroxyl groups is 2. The Bertz CT molecular complexity index is 2190. The molecule has 4 aromatic rings. The summed E-state index contributed by atoms with van der Waals surface area (Å²) >= 11 is 0. The van der Waals surface area contributed by atoms with Gasteiger partial charge in [-0.15, -0.1) is 0 Å². The summed E-state index contributed by atoms with van der Waals surface area (Å²) in [6.45, 7) is 6.71. The number of carbonyl (C=O) groups excluding carboxylic acids is 4. The zero-order valence-corrected chi connectivity index (χ0v) is 32.2. The van der Waals surface area contributed by atoms with Gasteiger partial charge in [0.1, 0.15) is 17.5 Å². The molecule has 3 fully saturated rings. The number of carbonyl (C=O) groups is 4. The smallest absolute Gasteiger partial charge is 0.262 e. The summed E-state index contributed by atoms with van der Waals surface area (Å²) in [5.41, 5.74) is 8.16. The van der Waals surface area contributed by atoms with Crippen molar-refractivity contribution < 1.29 is 29.4 Å². The van der Waals surface area contributed by atoms with Crippen LogP contribution < -0.4 is 20.4 Å². The average Bonchev–Trinajstić information content (AvgIpc) is 3.48. The highest BCUT2D eigenvalue weighted by atomic mass is 16.3. The molecule has 11 heteroatoms. The Labute approximate surface area is 333 Å². The summed E-state index contributed by atoms with van der Waals surface area (Å²) < 4.78 is 0. The largest absolute Gasteiger partial charge is 0.508 e. The van der Waals surface area contributed by atoms with Gasteiger partial charge in [0.25, 0.3) is 11.8 Å². The van der Waals surface area contributed by atoms with Gasteiger partial charge in [0.05, 0.1) is 11.1 Å². The average molecular weight is 768 g/mol. The van der Waals surface area contributed by atoms with E-state index in [9.17, 15) is 29.4 Å². The molecule has 0 aromatic heterocycles. The number of nitrogens with zero attached hydrogens (tertiary/aromatic N) is 3. The molecule has 8 rings (SSSR count). The lowest BCUT2D eigenvalue weighted by Crippen LogP contribution is -2.54. The Morgan fingerprint density at radius 2 is 1.32 bits per heavy atom. The second-order valence-corrected chi connectivity index (χ2v) is 15.6. The van der Waals surface area contributed by atoms with Gasteiger partial charge in [-0.1, -0.05) is 43.3 Å². The SMILES string of the molecule is CCC(=C(c1ccc(O)cc1)c1ccc(N2CCC(CN[C@@H]3CCCN(c4ccc5c(c4)C(=O)N(C4CCC(=O)NC4=O)C5=O)C3)CC2)cc1)c1ccc(O)cc1. The lowest BCUT2D eigenvalue weighted by Gasteiger charge is -2.37. The van der Waals surface area contributed by atoms with Crippen LogP contribution in [-0.2, 0) is 9.59 Å². The Morgan fingerprint density at radius 3 is 1.96 bits per heavy atom. The molecule has 11 nitrogen and oxygen atoms in total. The van der Waals surface area contributed by atoms with Gasteiger partial charge in [0.2, 0.25) is 11.8 Å².